The number of hydrogen-bond acceptors (Lipinski definition) is 8. The average molecular weight is 453 g/mol. The number of aromatic nitrogens is 4. The number of anilines is 2. The Bertz CT molecular complexity index is 1350. The lowest BCUT2D eigenvalue weighted by Crippen LogP contribution is -2.27. The quantitative estimate of drug-likeness (QED) is 0.169. The Balaban J connectivity index is 1.37. The fourth-order valence-electron chi connectivity index (χ4n) is 3.57. The molecule has 3 aromatic carbocycles. The molecule has 0 unspecified atom stereocenters. The molecule has 170 valence electrons. The van der Waals surface area contributed by atoms with Gasteiger partial charge in [0.05, 0.1) is 33.5 Å². The number of hydrazine groups is 2. The maximum Gasteiger partial charge on any atom is 0.222 e. The summed E-state index contributed by atoms with van der Waals surface area (Å²) in [5.74, 6) is 13.3. The number of nitrogens with one attached hydrogen (secondary N) is 2. The topological polar surface area (TPSA) is 168 Å². The van der Waals surface area contributed by atoms with Crippen molar-refractivity contribution in [2.45, 2.75) is 0 Å². The number of para-hydroxylation sites is 4. The van der Waals surface area contributed by atoms with Gasteiger partial charge in [-0.25, -0.2) is 21.7 Å². The van der Waals surface area contributed by atoms with Crippen molar-refractivity contribution in [2.75, 3.05) is 10.0 Å². The molecular formula is C24H24N10. The van der Waals surface area contributed by atoms with Gasteiger partial charge < -0.3 is 21.4 Å². The fraction of sp³-hybridized carbons (Fsp3) is 0. The van der Waals surface area contributed by atoms with Crippen LogP contribution < -0.4 is 33.2 Å². The zero-order valence-electron chi connectivity index (χ0n) is 18.2. The first-order valence-electron chi connectivity index (χ1n) is 10.5. The predicted molar refractivity (Wildman–Crippen MR) is 136 cm³/mol. The van der Waals surface area contributed by atoms with Crippen molar-refractivity contribution in [3.05, 3.63) is 96.3 Å². The molecule has 0 aliphatic rings. The molecule has 0 spiro atoms. The second-order valence-electron chi connectivity index (χ2n) is 7.72. The van der Waals surface area contributed by atoms with E-state index in [1.54, 1.807) is 12.4 Å². The Labute approximate surface area is 195 Å². The van der Waals surface area contributed by atoms with Crippen LogP contribution in [0.4, 0.5) is 11.9 Å². The summed E-state index contributed by atoms with van der Waals surface area (Å²) in [6.07, 6.45) is 3.20. The van der Waals surface area contributed by atoms with Gasteiger partial charge >= 0.3 is 0 Å². The highest BCUT2D eigenvalue weighted by Crippen LogP contribution is 2.20. The SMILES string of the molecule is N/C(=C\N(N)c1nc2ccccc2[nH]1)c1cccc(/C(N)=C/N(N)c2nc3ccccc3[nH]2)c1. The maximum absolute atomic E-state index is 6.32. The fourth-order valence-corrected chi connectivity index (χ4v) is 3.57. The highest BCUT2D eigenvalue weighted by Gasteiger charge is 2.10. The Morgan fingerprint density at radius 2 is 1.09 bits per heavy atom. The van der Waals surface area contributed by atoms with E-state index >= 15 is 0 Å². The van der Waals surface area contributed by atoms with Gasteiger partial charge in [0.25, 0.3) is 0 Å². The van der Waals surface area contributed by atoms with E-state index in [4.69, 9.17) is 23.2 Å². The van der Waals surface area contributed by atoms with Crippen molar-refractivity contribution in [1.29, 1.82) is 0 Å². The molecule has 0 aliphatic heterocycles. The number of nitrogens with two attached hydrogens (primary N) is 4. The number of H-pyrrole nitrogens is 2. The Kier molecular flexibility index (Phi) is 5.34. The average Bonchev–Trinajstić information content (AvgIpc) is 3.48. The van der Waals surface area contributed by atoms with E-state index in [9.17, 15) is 0 Å². The lowest BCUT2D eigenvalue weighted by Gasteiger charge is -2.14. The molecule has 34 heavy (non-hydrogen) atoms. The monoisotopic (exact) mass is 452 g/mol. The van der Waals surface area contributed by atoms with Crippen LogP contribution in [0.15, 0.2) is 85.2 Å². The third-order valence-corrected chi connectivity index (χ3v) is 5.33. The van der Waals surface area contributed by atoms with Gasteiger partial charge in [-0.15, -0.1) is 0 Å². The highest BCUT2D eigenvalue weighted by atomic mass is 15.5. The number of aromatic amines is 2. The van der Waals surface area contributed by atoms with E-state index in [1.165, 1.54) is 10.0 Å². The molecule has 10 heteroatoms. The summed E-state index contributed by atoms with van der Waals surface area (Å²) in [7, 11) is 0. The maximum atomic E-state index is 6.32. The second-order valence-corrected chi connectivity index (χ2v) is 7.72. The van der Waals surface area contributed by atoms with Gasteiger partial charge in [0.1, 0.15) is 0 Å². The lowest BCUT2D eigenvalue weighted by atomic mass is 10.1. The summed E-state index contributed by atoms with van der Waals surface area (Å²) in [6.45, 7) is 0. The molecule has 10 nitrogen and oxygen atoms in total. The van der Waals surface area contributed by atoms with E-state index in [0.717, 1.165) is 33.2 Å². The summed E-state index contributed by atoms with van der Waals surface area (Å²) in [4.78, 5) is 15.3. The molecule has 10 N–H and O–H groups in total. The summed E-state index contributed by atoms with van der Waals surface area (Å²) in [6, 6.07) is 22.8. The zero-order chi connectivity index (χ0) is 23.7. The number of rotatable bonds is 6. The van der Waals surface area contributed by atoms with Crippen LogP contribution in [0.3, 0.4) is 0 Å². The normalized spacial score (nSPS) is 12.4. The first-order chi connectivity index (χ1) is 16.5. The van der Waals surface area contributed by atoms with Gasteiger partial charge in [0, 0.05) is 12.4 Å². The molecule has 0 saturated heterocycles. The van der Waals surface area contributed by atoms with Crippen LogP contribution in [0.25, 0.3) is 33.5 Å². The number of fused-ring (bicyclic) bond motifs is 2. The van der Waals surface area contributed by atoms with Gasteiger partial charge in [-0.1, -0.05) is 42.5 Å². The van der Waals surface area contributed by atoms with E-state index in [1.807, 2.05) is 72.8 Å². The van der Waals surface area contributed by atoms with Crippen molar-refractivity contribution in [1.82, 2.24) is 19.9 Å². The van der Waals surface area contributed by atoms with E-state index in [2.05, 4.69) is 19.9 Å². The van der Waals surface area contributed by atoms with E-state index in [-0.39, 0.29) is 0 Å². The van der Waals surface area contributed by atoms with Crippen LogP contribution in [-0.4, -0.2) is 19.9 Å². The molecule has 2 heterocycles. The molecule has 0 bridgehead atoms. The summed E-state index contributed by atoms with van der Waals surface area (Å²) in [5.41, 5.74) is 18.4. The van der Waals surface area contributed by atoms with Crippen molar-refractivity contribution in [3.8, 4) is 0 Å². The molecular weight excluding hydrogens is 428 g/mol. The number of nitrogens with zero attached hydrogens (tertiary/aromatic N) is 4. The minimum atomic E-state index is 0.444. The largest absolute Gasteiger partial charge is 0.397 e. The molecule has 0 aliphatic carbocycles. The van der Waals surface area contributed by atoms with Crippen LogP contribution in [-0.2, 0) is 0 Å². The highest BCUT2D eigenvalue weighted by molar-refractivity contribution is 5.79. The number of imidazole rings is 2. The van der Waals surface area contributed by atoms with Gasteiger partial charge in [0.15, 0.2) is 0 Å². The molecule has 0 radical (unpaired) electrons. The Hall–Kier alpha value is -4.80. The molecule has 0 amide bonds. The van der Waals surface area contributed by atoms with Crippen LogP contribution in [0, 0.1) is 0 Å². The molecule has 0 fully saturated rings. The van der Waals surface area contributed by atoms with Crippen LogP contribution in [0.5, 0.6) is 0 Å². The Morgan fingerprint density at radius 3 is 1.53 bits per heavy atom. The third-order valence-electron chi connectivity index (χ3n) is 5.33. The van der Waals surface area contributed by atoms with E-state index < -0.39 is 0 Å². The molecule has 5 rings (SSSR count). The van der Waals surface area contributed by atoms with Gasteiger partial charge in [-0.05, 0) is 41.5 Å². The van der Waals surface area contributed by atoms with Crippen molar-refractivity contribution >= 4 is 45.4 Å². The summed E-state index contributed by atoms with van der Waals surface area (Å²) >= 11 is 0. The minimum absolute atomic E-state index is 0.444. The molecule has 0 atom stereocenters. The number of benzene rings is 3. The van der Waals surface area contributed by atoms with Crippen molar-refractivity contribution < 1.29 is 0 Å². The lowest BCUT2D eigenvalue weighted by molar-refractivity contribution is 1.01. The summed E-state index contributed by atoms with van der Waals surface area (Å²) < 4.78 is 0. The van der Waals surface area contributed by atoms with Gasteiger partial charge in [-0.3, -0.25) is 10.0 Å². The van der Waals surface area contributed by atoms with Crippen molar-refractivity contribution in [3.63, 3.8) is 0 Å². The van der Waals surface area contributed by atoms with Gasteiger partial charge in [-0.2, -0.15) is 0 Å². The van der Waals surface area contributed by atoms with E-state index in [0.29, 0.717) is 23.3 Å². The van der Waals surface area contributed by atoms with Crippen LogP contribution >= 0.6 is 0 Å². The van der Waals surface area contributed by atoms with Gasteiger partial charge in [0.2, 0.25) is 11.9 Å². The first-order valence-corrected chi connectivity index (χ1v) is 10.5. The van der Waals surface area contributed by atoms with Crippen LogP contribution in [0.1, 0.15) is 11.1 Å². The number of hydrogen-bond donors (Lipinski definition) is 6. The predicted octanol–water partition coefficient (Wildman–Crippen LogP) is 2.71. The Morgan fingerprint density at radius 1 is 0.647 bits per heavy atom. The summed E-state index contributed by atoms with van der Waals surface area (Å²) in [5, 5.41) is 2.70. The van der Waals surface area contributed by atoms with Crippen LogP contribution in [0.2, 0.25) is 0 Å². The third kappa shape index (κ3) is 4.13. The zero-order valence-corrected chi connectivity index (χ0v) is 18.2. The molecule has 5 aromatic rings. The molecule has 2 aromatic heterocycles. The smallest absolute Gasteiger partial charge is 0.222 e. The van der Waals surface area contributed by atoms with Crippen molar-refractivity contribution in [2.24, 2.45) is 23.2 Å². The standard InChI is InChI=1S/C24H24N10/c25-17(13-33(27)23-29-19-8-1-2-9-20(19)30-23)15-6-5-7-16(12-15)18(26)14-34(28)24-31-21-10-3-4-11-22(21)32-24/h1-14H,25-28H2,(H,29,30)(H,31,32)/b17-13-,18-14-. The first kappa shape index (κ1) is 21.1. The minimum Gasteiger partial charge on any atom is -0.397 e. The molecule has 0 saturated carbocycles. The second kappa shape index (κ2) is 8.62.